The third kappa shape index (κ3) is 53.7. The Morgan fingerprint density at radius 3 is 1.30 bits per heavy atom. The fourth-order valence-corrected chi connectivity index (χ4v) is 8.98. The number of phosphoric acid groups is 1. The van der Waals surface area contributed by atoms with Crippen molar-refractivity contribution in [2.24, 2.45) is 0 Å². The van der Waals surface area contributed by atoms with Crippen molar-refractivity contribution in [2.45, 2.75) is 270 Å². The molecule has 408 valence electrons. The molecule has 8 nitrogen and oxygen atoms in total. The third-order valence-electron chi connectivity index (χ3n) is 12.8. The molecule has 1 amide bonds. The number of unbranched alkanes of at least 4 members (excludes halogenated alkanes) is 30. The van der Waals surface area contributed by atoms with Crippen LogP contribution in [0.2, 0.25) is 0 Å². The molecule has 0 radical (unpaired) electrons. The van der Waals surface area contributed by atoms with E-state index in [1.54, 1.807) is 6.08 Å². The summed E-state index contributed by atoms with van der Waals surface area (Å²) < 4.78 is 23.2. The highest BCUT2D eigenvalue weighted by atomic mass is 31.2. The number of carbonyl (C=O) groups excluding carboxylic acids is 1. The van der Waals surface area contributed by atoms with Crippen molar-refractivity contribution in [2.75, 3.05) is 40.9 Å². The van der Waals surface area contributed by atoms with Gasteiger partial charge >= 0.3 is 0 Å². The number of aliphatic hydroxyl groups is 1. The van der Waals surface area contributed by atoms with E-state index in [1.807, 2.05) is 27.2 Å². The van der Waals surface area contributed by atoms with Crippen LogP contribution in [0.4, 0.5) is 0 Å². The number of amides is 1. The zero-order valence-corrected chi connectivity index (χ0v) is 47.4. The van der Waals surface area contributed by atoms with Gasteiger partial charge in [-0.05, 0) is 77.0 Å². The summed E-state index contributed by atoms with van der Waals surface area (Å²) in [7, 11) is 1.23. The molecule has 0 aliphatic carbocycles. The molecule has 0 aromatic heterocycles. The number of allylic oxidation sites excluding steroid dienone is 11. The molecule has 0 rings (SSSR count). The third-order valence-corrected chi connectivity index (χ3v) is 13.8. The predicted molar refractivity (Wildman–Crippen MR) is 302 cm³/mol. The minimum atomic E-state index is -4.60. The molecule has 0 spiro atoms. The number of aliphatic hydroxyl groups excluding tert-OH is 1. The first-order valence-corrected chi connectivity index (χ1v) is 30.8. The predicted octanol–water partition coefficient (Wildman–Crippen LogP) is 17.2. The van der Waals surface area contributed by atoms with Crippen LogP contribution in [0, 0.1) is 0 Å². The van der Waals surface area contributed by atoms with E-state index in [-0.39, 0.29) is 12.5 Å². The van der Waals surface area contributed by atoms with Crippen LogP contribution in [0.5, 0.6) is 0 Å². The number of phosphoric ester groups is 1. The molecular weight excluding hydrogens is 888 g/mol. The standard InChI is InChI=1S/C61H113N2O6P/c1-6-8-10-12-14-16-18-19-20-21-22-23-24-25-26-27-28-29-30-31-32-33-34-35-36-37-38-39-40-41-42-43-45-47-49-51-53-55-61(65)62-59(58-69-70(66,67)68-57-56-63(3,4)5)60(64)54-52-50-48-46-44-17-15-13-11-9-7-2/h11,13,18-19,21-22,24-25,44,46,52,54,59-60,64H,6-10,12,14-17,20,23,26-43,45,47-51,53,55-58H2,1-5H3,(H-,62,65,66,67)/b13-11+,19-18-,22-21-,25-24-,46-44+,54-52+. The van der Waals surface area contributed by atoms with Gasteiger partial charge in [0.25, 0.3) is 7.82 Å². The lowest BCUT2D eigenvalue weighted by Crippen LogP contribution is -2.45. The topological polar surface area (TPSA) is 108 Å². The molecule has 3 atom stereocenters. The van der Waals surface area contributed by atoms with Gasteiger partial charge in [-0.2, -0.15) is 0 Å². The molecule has 0 saturated carbocycles. The minimum Gasteiger partial charge on any atom is -0.756 e. The number of nitrogens with zero attached hydrogens (tertiary/aromatic N) is 1. The maximum Gasteiger partial charge on any atom is 0.268 e. The molecular formula is C61H113N2O6P. The summed E-state index contributed by atoms with van der Waals surface area (Å²) >= 11 is 0. The number of quaternary nitrogens is 1. The summed E-state index contributed by atoms with van der Waals surface area (Å²) in [5.41, 5.74) is 0. The molecule has 3 unspecified atom stereocenters. The van der Waals surface area contributed by atoms with Crippen molar-refractivity contribution in [1.29, 1.82) is 0 Å². The maximum atomic E-state index is 12.9. The van der Waals surface area contributed by atoms with Crippen LogP contribution in [-0.4, -0.2) is 68.5 Å². The average molecular weight is 1000 g/mol. The molecule has 2 N–H and O–H groups in total. The lowest BCUT2D eigenvalue weighted by molar-refractivity contribution is -0.870. The van der Waals surface area contributed by atoms with Crippen LogP contribution < -0.4 is 10.2 Å². The maximum absolute atomic E-state index is 12.9. The van der Waals surface area contributed by atoms with Crippen LogP contribution in [0.15, 0.2) is 72.9 Å². The van der Waals surface area contributed by atoms with E-state index in [2.05, 4.69) is 79.9 Å². The number of nitrogens with one attached hydrogen (secondary N) is 1. The van der Waals surface area contributed by atoms with Gasteiger partial charge in [-0.15, -0.1) is 0 Å². The van der Waals surface area contributed by atoms with Crippen LogP contribution in [0.3, 0.4) is 0 Å². The second-order valence-electron chi connectivity index (χ2n) is 21.0. The molecule has 0 aliphatic heterocycles. The van der Waals surface area contributed by atoms with Crippen molar-refractivity contribution >= 4 is 13.7 Å². The van der Waals surface area contributed by atoms with Crippen molar-refractivity contribution in [1.82, 2.24) is 5.32 Å². The van der Waals surface area contributed by atoms with E-state index >= 15 is 0 Å². The molecule has 70 heavy (non-hydrogen) atoms. The smallest absolute Gasteiger partial charge is 0.268 e. The number of hydrogen-bond acceptors (Lipinski definition) is 6. The van der Waals surface area contributed by atoms with E-state index in [9.17, 15) is 19.4 Å². The van der Waals surface area contributed by atoms with Gasteiger partial charge in [0.15, 0.2) is 0 Å². The first-order chi connectivity index (χ1) is 34.0. The summed E-state index contributed by atoms with van der Waals surface area (Å²) in [5, 5.41) is 13.8. The van der Waals surface area contributed by atoms with Crippen LogP contribution >= 0.6 is 7.82 Å². The van der Waals surface area contributed by atoms with Gasteiger partial charge in [-0.1, -0.05) is 247 Å². The van der Waals surface area contributed by atoms with Crippen molar-refractivity contribution < 1.29 is 32.9 Å². The van der Waals surface area contributed by atoms with E-state index in [1.165, 1.54) is 173 Å². The Morgan fingerprint density at radius 1 is 0.500 bits per heavy atom. The second kappa shape index (κ2) is 51.8. The zero-order valence-electron chi connectivity index (χ0n) is 46.5. The second-order valence-corrected chi connectivity index (χ2v) is 22.4. The summed E-state index contributed by atoms with van der Waals surface area (Å²) in [6.07, 6.45) is 71.6. The normalized spacial score (nSPS) is 14.4. The van der Waals surface area contributed by atoms with Crippen LogP contribution in [0.25, 0.3) is 0 Å². The molecule has 0 aromatic carbocycles. The fraction of sp³-hybridized carbons (Fsp3) is 0.787. The van der Waals surface area contributed by atoms with Crippen molar-refractivity contribution in [3.8, 4) is 0 Å². The van der Waals surface area contributed by atoms with Crippen LogP contribution in [-0.2, 0) is 18.4 Å². The van der Waals surface area contributed by atoms with Gasteiger partial charge < -0.3 is 28.8 Å². The van der Waals surface area contributed by atoms with Gasteiger partial charge in [0.2, 0.25) is 5.91 Å². The highest BCUT2D eigenvalue weighted by Crippen LogP contribution is 2.38. The zero-order chi connectivity index (χ0) is 51.3. The fourth-order valence-electron chi connectivity index (χ4n) is 8.26. The molecule has 0 aliphatic rings. The molecule has 0 bridgehead atoms. The Labute approximate surface area is 434 Å². The number of rotatable bonds is 53. The SMILES string of the molecule is CCC/C=C/CC/C=C/CC/C=C/C(O)C(COP(=O)([O-])OCC[N+](C)(C)C)NC(=O)CCCCCCCCCCCCCCCCCCCCCCCC/C=C\C/C=C\C/C=C\CCCCCCC. The molecule has 0 fully saturated rings. The number of hydrogen-bond donors (Lipinski definition) is 2. The van der Waals surface area contributed by atoms with Gasteiger partial charge in [0.05, 0.1) is 39.9 Å². The van der Waals surface area contributed by atoms with Gasteiger partial charge in [-0.3, -0.25) is 9.36 Å². The Morgan fingerprint density at radius 2 is 0.871 bits per heavy atom. The number of carbonyl (C=O) groups is 1. The quantitative estimate of drug-likeness (QED) is 0.0272. The largest absolute Gasteiger partial charge is 0.756 e. The van der Waals surface area contributed by atoms with Gasteiger partial charge in [-0.25, -0.2) is 0 Å². The molecule has 0 saturated heterocycles. The van der Waals surface area contributed by atoms with E-state index in [0.29, 0.717) is 17.4 Å². The highest BCUT2D eigenvalue weighted by Gasteiger charge is 2.23. The van der Waals surface area contributed by atoms with E-state index in [4.69, 9.17) is 9.05 Å². The lowest BCUT2D eigenvalue weighted by Gasteiger charge is -2.29. The minimum absolute atomic E-state index is 0.0101. The Kier molecular flexibility index (Phi) is 50.3. The average Bonchev–Trinajstić information content (AvgIpc) is 3.32. The first kappa shape index (κ1) is 67.9. The van der Waals surface area contributed by atoms with E-state index in [0.717, 1.165) is 64.2 Å². The first-order valence-electron chi connectivity index (χ1n) is 29.3. The summed E-state index contributed by atoms with van der Waals surface area (Å²) in [6.45, 7) is 4.53. The monoisotopic (exact) mass is 1000 g/mol. The molecule has 0 aromatic rings. The summed E-state index contributed by atoms with van der Waals surface area (Å²) in [4.78, 5) is 25.4. The summed E-state index contributed by atoms with van der Waals surface area (Å²) in [6, 6.07) is -0.909. The molecule has 9 heteroatoms. The Hall–Kier alpha value is -2.06. The van der Waals surface area contributed by atoms with Gasteiger partial charge in [0, 0.05) is 6.42 Å². The summed E-state index contributed by atoms with van der Waals surface area (Å²) in [5.74, 6) is -0.212. The lowest BCUT2D eigenvalue weighted by atomic mass is 10.0. The van der Waals surface area contributed by atoms with Crippen molar-refractivity contribution in [3.63, 3.8) is 0 Å². The van der Waals surface area contributed by atoms with Crippen LogP contribution in [0.1, 0.15) is 258 Å². The number of likely N-dealkylation sites (N-methyl/N-ethyl adjacent to an activating group) is 1. The van der Waals surface area contributed by atoms with Crippen molar-refractivity contribution in [3.05, 3.63) is 72.9 Å². The highest BCUT2D eigenvalue weighted by molar-refractivity contribution is 7.45. The van der Waals surface area contributed by atoms with Gasteiger partial charge in [0.1, 0.15) is 13.2 Å². The van der Waals surface area contributed by atoms with E-state index < -0.39 is 26.6 Å². The molecule has 0 heterocycles. The Balaban J connectivity index is 3.92. The Bertz CT molecular complexity index is 1370.